The summed E-state index contributed by atoms with van der Waals surface area (Å²) >= 11 is 0. The van der Waals surface area contributed by atoms with Gasteiger partial charge in [0.25, 0.3) is 11.6 Å². The molecule has 0 saturated carbocycles. The number of phenols is 1. The molecule has 0 saturated heterocycles. The summed E-state index contributed by atoms with van der Waals surface area (Å²) in [4.78, 5) is 22.9. The van der Waals surface area contributed by atoms with Crippen LogP contribution in [0.25, 0.3) is 10.8 Å². The second-order valence-electron chi connectivity index (χ2n) is 7.77. The van der Waals surface area contributed by atoms with Gasteiger partial charge in [-0.2, -0.15) is 5.10 Å². The van der Waals surface area contributed by atoms with Crippen LogP contribution in [0, 0.1) is 10.1 Å². The number of aromatic hydroxyl groups is 1. The van der Waals surface area contributed by atoms with Gasteiger partial charge in [0.1, 0.15) is 12.4 Å². The molecule has 4 aromatic carbocycles. The monoisotopic (exact) mass is 485 g/mol. The minimum atomic E-state index is -0.539. The van der Waals surface area contributed by atoms with Crippen molar-refractivity contribution >= 4 is 28.6 Å². The van der Waals surface area contributed by atoms with Crippen LogP contribution in [-0.2, 0) is 6.61 Å². The number of carbonyl (C=O) groups excluding carboxylic acids is 1. The molecule has 0 heterocycles. The van der Waals surface area contributed by atoms with E-state index in [2.05, 4.69) is 10.5 Å². The lowest BCUT2D eigenvalue weighted by molar-refractivity contribution is -0.384. The van der Waals surface area contributed by atoms with Gasteiger partial charge in [0, 0.05) is 12.1 Å². The van der Waals surface area contributed by atoms with Gasteiger partial charge >= 0.3 is 0 Å². The van der Waals surface area contributed by atoms with Gasteiger partial charge < -0.3 is 14.6 Å². The average Bonchev–Trinajstić information content (AvgIpc) is 2.88. The first-order chi connectivity index (χ1) is 17.4. The SMILES string of the molecule is CCOc1cc(C=NNC(=O)c2cc3ccccc3cc2O)ccc1OCc1ccc([N+](=O)[O-])cc1. The summed E-state index contributed by atoms with van der Waals surface area (Å²) in [6.07, 6.45) is 1.46. The van der Waals surface area contributed by atoms with Crippen molar-refractivity contribution < 1.29 is 24.3 Å². The third-order valence-corrected chi connectivity index (χ3v) is 5.30. The predicted molar refractivity (Wildman–Crippen MR) is 136 cm³/mol. The third kappa shape index (κ3) is 5.76. The van der Waals surface area contributed by atoms with E-state index in [0.29, 0.717) is 23.7 Å². The molecule has 4 rings (SSSR count). The van der Waals surface area contributed by atoms with Gasteiger partial charge in [0.05, 0.1) is 23.3 Å². The van der Waals surface area contributed by atoms with E-state index in [1.807, 2.05) is 31.2 Å². The number of nitro groups is 1. The summed E-state index contributed by atoms with van der Waals surface area (Å²) in [6.45, 7) is 2.46. The largest absolute Gasteiger partial charge is 0.507 e. The molecular formula is C27H23N3O6. The van der Waals surface area contributed by atoms with E-state index in [9.17, 15) is 20.0 Å². The van der Waals surface area contributed by atoms with E-state index >= 15 is 0 Å². The Balaban J connectivity index is 1.42. The Labute approximate surface area is 206 Å². The van der Waals surface area contributed by atoms with Crippen molar-refractivity contribution in [2.75, 3.05) is 6.61 Å². The fraction of sp³-hybridized carbons (Fsp3) is 0.111. The van der Waals surface area contributed by atoms with Crippen LogP contribution >= 0.6 is 0 Å². The van der Waals surface area contributed by atoms with E-state index in [1.54, 1.807) is 36.4 Å². The maximum atomic E-state index is 12.5. The van der Waals surface area contributed by atoms with E-state index in [-0.39, 0.29) is 23.6 Å². The number of rotatable bonds is 9. The number of hydrazone groups is 1. The number of amides is 1. The van der Waals surface area contributed by atoms with Gasteiger partial charge in [-0.05, 0) is 71.3 Å². The molecule has 0 aliphatic heterocycles. The Bertz CT molecular complexity index is 1430. The summed E-state index contributed by atoms with van der Waals surface area (Å²) < 4.78 is 11.5. The average molecular weight is 485 g/mol. The summed E-state index contributed by atoms with van der Waals surface area (Å²) in [5.41, 5.74) is 3.99. The lowest BCUT2D eigenvalue weighted by Gasteiger charge is -2.12. The molecular weight excluding hydrogens is 462 g/mol. The minimum absolute atomic E-state index is 0.0142. The predicted octanol–water partition coefficient (Wildman–Crippen LogP) is 5.20. The summed E-state index contributed by atoms with van der Waals surface area (Å²) in [7, 11) is 0. The highest BCUT2D eigenvalue weighted by Crippen LogP contribution is 2.29. The van der Waals surface area contributed by atoms with Crippen molar-refractivity contribution in [3.05, 3.63) is 106 Å². The fourth-order valence-corrected chi connectivity index (χ4v) is 3.50. The number of non-ortho nitro benzene ring substituents is 1. The number of ether oxygens (including phenoxy) is 2. The van der Waals surface area contributed by atoms with Gasteiger partial charge in [0.2, 0.25) is 0 Å². The standard InChI is InChI=1S/C27H23N3O6/c1-2-35-26-13-19(9-12-25(26)36-17-18-7-10-22(11-8-18)30(33)34)16-28-29-27(32)23-14-20-5-3-4-6-21(20)15-24(23)31/h3-16,31H,2,17H2,1H3,(H,29,32). The number of carbonyl (C=O) groups is 1. The van der Waals surface area contributed by atoms with Crippen LogP contribution in [0.1, 0.15) is 28.4 Å². The molecule has 182 valence electrons. The highest BCUT2D eigenvalue weighted by atomic mass is 16.6. The molecule has 2 N–H and O–H groups in total. The molecule has 0 aliphatic rings. The second-order valence-corrected chi connectivity index (χ2v) is 7.77. The van der Waals surface area contributed by atoms with Crippen molar-refractivity contribution in [3.8, 4) is 17.2 Å². The molecule has 0 bridgehead atoms. The number of fused-ring (bicyclic) bond motifs is 1. The lowest BCUT2D eigenvalue weighted by atomic mass is 10.1. The van der Waals surface area contributed by atoms with Crippen LogP contribution in [0.3, 0.4) is 0 Å². The van der Waals surface area contributed by atoms with Crippen LogP contribution in [-0.4, -0.2) is 28.8 Å². The number of phenolic OH excluding ortho intramolecular Hbond substituents is 1. The number of nitro benzene ring substituents is 1. The quantitative estimate of drug-likeness (QED) is 0.191. The van der Waals surface area contributed by atoms with Crippen LogP contribution < -0.4 is 14.9 Å². The maximum Gasteiger partial charge on any atom is 0.275 e. The highest BCUT2D eigenvalue weighted by molar-refractivity contribution is 6.01. The Morgan fingerprint density at radius 3 is 2.42 bits per heavy atom. The van der Waals surface area contributed by atoms with Gasteiger partial charge in [-0.3, -0.25) is 14.9 Å². The normalized spacial score (nSPS) is 10.9. The molecule has 4 aromatic rings. The number of hydrogen-bond donors (Lipinski definition) is 2. The van der Waals surface area contributed by atoms with E-state index in [4.69, 9.17) is 9.47 Å². The Morgan fingerprint density at radius 1 is 1.00 bits per heavy atom. The zero-order valence-electron chi connectivity index (χ0n) is 19.4. The van der Waals surface area contributed by atoms with E-state index in [1.165, 1.54) is 24.4 Å². The lowest BCUT2D eigenvalue weighted by Crippen LogP contribution is -2.17. The molecule has 36 heavy (non-hydrogen) atoms. The molecule has 0 radical (unpaired) electrons. The topological polar surface area (TPSA) is 123 Å². The molecule has 0 unspecified atom stereocenters. The zero-order chi connectivity index (χ0) is 25.5. The molecule has 0 aromatic heterocycles. The molecule has 0 aliphatic carbocycles. The molecule has 9 heteroatoms. The summed E-state index contributed by atoms with van der Waals surface area (Å²) in [5.74, 6) is 0.316. The van der Waals surface area contributed by atoms with Gasteiger partial charge in [-0.25, -0.2) is 5.43 Å². The zero-order valence-corrected chi connectivity index (χ0v) is 19.4. The van der Waals surface area contributed by atoms with Crippen LogP contribution in [0.15, 0.2) is 84.0 Å². The van der Waals surface area contributed by atoms with Crippen molar-refractivity contribution in [2.24, 2.45) is 5.10 Å². The van der Waals surface area contributed by atoms with Crippen LogP contribution in [0.5, 0.6) is 17.2 Å². The smallest absolute Gasteiger partial charge is 0.275 e. The van der Waals surface area contributed by atoms with E-state index in [0.717, 1.165) is 16.3 Å². The van der Waals surface area contributed by atoms with Crippen LogP contribution in [0.2, 0.25) is 0 Å². The molecule has 1 amide bonds. The first kappa shape index (κ1) is 24.2. The Kier molecular flexibility index (Phi) is 7.40. The van der Waals surface area contributed by atoms with Crippen molar-refractivity contribution in [1.29, 1.82) is 0 Å². The Morgan fingerprint density at radius 2 is 1.72 bits per heavy atom. The number of hydrogen-bond acceptors (Lipinski definition) is 7. The van der Waals surface area contributed by atoms with Gasteiger partial charge in [0.15, 0.2) is 11.5 Å². The van der Waals surface area contributed by atoms with Crippen molar-refractivity contribution in [3.63, 3.8) is 0 Å². The molecule has 0 fully saturated rings. The summed E-state index contributed by atoms with van der Waals surface area (Å²) in [5, 5.41) is 26.7. The van der Waals surface area contributed by atoms with Crippen molar-refractivity contribution in [1.82, 2.24) is 5.43 Å². The number of nitrogens with zero attached hydrogens (tertiary/aromatic N) is 2. The second kappa shape index (κ2) is 11.0. The van der Waals surface area contributed by atoms with Crippen LogP contribution in [0.4, 0.5) is 5.69 Å². The maximum absolute atomic E-state index is 12.5. The Hall–Kier alpha value is -4.92. The molecule has 0 spiro atoms. The fourth-order valence-electron chi connectivity index (χ4n) is 3.50. The minimum Gasteiger partial charge on any atom is -0.507 e. The van der Waals surface area contributed by atoms with Gasteiger partial charge in [-0.1, -0.05) is 24.3 Å². The third-order valence-electron chi connectivity index (χ3n) is 5.30. The van der Waals surface area contributed by atoms with E-state index < -0.39 is 10.8 Å². The first-order valence-corrected chi connectivity index (χ1v) is 11.1. The summed E-state index contributed by atoms with van der Waals surface area (Å²) in [6, 6.07) is 21.9. The number of benzene rings is 4. The molecule has 9 nitrogen and oxygen atoms in total. The molecule has 0 atom stereocenters. The first-order valence-electron chi connectivity index (χ1n) is 11.1. The van der Waals surface area contributed by atoms with Crippen molar-refractivity contribution in [2.45, 2.75) is 13.5 Å². The number of nitrogens with one attached hydrogen (secondary N) is 1. The van der Waals surface area contributed by atoms with Gasteiger partial charge in [-0.15, -0.1) is 0 Å². The highest BCUT2D eigenvalue weighted by Gasteiger charge is 2.12.